The summed E-state index contributed by atoms with van der Waals surface area (Å²) in [5.41, 5.74) is 1.83. The highest BCUT2D eigenvalue weighted by molar-refractivity contribution is 9.10. The number of rotatable bonds is 8. The average molecular weight is 592 g/mol. The van der Waals surface area contributed by atoms with Crippen LogP contribution in [-0.4, -0.2) is 23.4 Å². The smallest absolute Gasteiger partial charge is 0.363 e. The van der Waals surface area contributed by atoms with E-state index in [0.717, 1.165) is 0 Å². The summed E-state index contributed by atoms with van der Waals surface area (Å²) >= 11 is 15.5. The Kier molecular flexibility index (Phi) is 7.93. The normalized spacial score (nSPS) is 13.9. The van der Waals surface area contributed by atoms with E-state index < -0.39 is 10.9 Å². The van der Waals surface area contributed by atoms with Crippen molar-refractivity contribution in [1.29, 1.82) is 0 Å². The molecule has 0 amide bonds. The fourth-order valence-corrected chi connectivity index (χ4v) is 4.18. The molecule has 0 saturated carbocycles. The summed E-state index contributed by atoms with van der Waals surface area (Å²) in [6.45, 7) is 2.28. The quantitative estimate of drug-likeness (QED) is 0.121. The lowest BCUT2D eigenvalue weighted by Crippen LogP contribution is -2.05. The third kappa shape index (κ3) is 5.87. The molecule has 4 rings (SSSR count). The van der Waals surface area contributed by atoms with Crippen molar-refractivity contribution >= 4 is 62.8 Å². The molecule has 0 N–H and O–H groups in total. The number of carbonyl (C=O) groups excluding carboxylic acids is 1. The molecule has 1 heterocycles. The molecule has 0 atom stereocenters. The van der Waals surface area contributed by atoms with Gasteiger partial charge in [0.15, 0.2) is 17.2 Å². The minimum Gasteiger partial charge on any atom is -0.490 e. The van der Waals surface area contributed by atoms with Crippen molar-refractivity contribution in [2.24, 2.45) is 4.99 Å². The fraction of sp³-hybridized carbons (Fsp3) is 0.120. The van der Waals surface area contributed by atoms with E-state index in [4.69, 9.17) is 37.4 Å². The summed E-state index contributed by atoms with van der Waals surface area (Å²) < 4.78 is 17.5. The molecule has 0 fully saturated rings. The molecule has 1 aliphatic heterocycles. The van der Waals surface area contributed by atoms with Crippen molar-refractivity contribution in [1.82, 2.24) is 0 Å². The van der Waals surface area contributed by atoms with Gasteiger partial charge in [0.1, 0.15) is 6.61 Å². The van der Waals surface area contributed by atoms with Gasteiger partial charge in [-0.15, -0.1) is 0 Å². The molecule has 11 heteroatoms. The van der Waals surface area contributed by atoms with Gasteiger partial charge in [0.2, 0.25) is 5.90 Å². The second-order valence-electron chi connectivity index (χ2n) is 7.44. The lowest BCUT2D eigenvalue weighted by molar-refractivity contribution is -0.384. The Morgan fingerprint density at radius 2 is 1.92 bits per heavy atom. The van der Waals surface area contributed by atoms with Crippen LogP contribution in [0.1, 0.15) is 23.6 Å². The third-order valence-corrected chi connectivity index (χ3v) is 6.25. The second-order valence-corrected chi connectivity index (χ2v) is 9.11. The van der Waals surface area contributed by atoms with Crippen molar-refractivity contribution in [2.45, 2.75) is 13.5 Å². The van der Waals surface area contributed by atoms with E-state index in [2.05, 4.69) is 20.9 Å². The number of cyclic esters (lactones) is 1. The maximum atomic E-state index is 12.4. The molecule has 0 aromatic heterocycles. The predicted octanol–water partition coefficient (Wildman–Crippen LogP) is 6.99. The van der Waals surface area contributed by atoms with Crippen molar-refractivity contribution in [3.8, 4) is 11.5 Å². The van der Waals surface area contributed by atoms with E-state index >= 15 is 0 Å². The number of hydrogen-bond acceptors (Lipinski definition) is 7. The Morgan fingerprint density at radius 3 is 2.64 bits per heavy atom. The van der Waals surface area contributed by atoms with Crippen molar-refractivity contribution < 1.29 is 23.9 Å². The number of hydrogen-bond donors (Lipinski definition) is 0. The lowest BCUT2D eigenvalue weighted by Gasteiger charge is -2.15. The summed E-state index contributed by atoms with van der Waals surface area (Å²) in [5, 5.41) is 11.7. The van der Waals surface area contributed by atoms with Gasteiger partial charge >= 0.3 is 5.97 Å². The Hall–Kier alpha value is -3.40. The Bertz CT molecular complexity index is 1420. The third-order valence-electron chi connectivity index (χ3n) is 4.93. The number of esters is 1. The van der Waals surface area contributed by atoms with Crippen LogP contribution in [0.2, 0.25) is 10.0 Å². The molecule has 0 saturated heterocycles. The van der Waals surface area contributed by atoms with Gasteiger partial charge < -0.3 is 14.2 Å². The number of nitro groups is 1. The lowest BCUT2D eigenvalue weighted by atomic mass is 10.1. The van der Waals surface area contributed by atoms with Gasteiger partial charge in [-0.05, 0) is 70.4 Å². The zero-order valence-corrected chi connectivity index (χ0v) is 21.8. The molecular weight excluding hydrogens is 575 g/mol. The Labute approximate surface area is 224 Å². The number of non-ortho nitro benzene ring substituents is 1. The van der Waals surface area contributed by atoms with Crippen molar-refractivity contribution in [2.75, 3.05) is 6.61 Å². The van der Waals surface area contributed by atoms with E-state index in [0.29, 0.717) is 49.3 Å². The van der Waals surface area contributed by atoms with E-state index in [1.807, 2.05) is 6.92 Å². The minimum atomic E-state index is -0.615. The van der Waals surface area contributed by atoms with E-state index in [1.165, 1.54) is 12.1 Å². The summed E-state index contributed by atoms with van der Waals surface area (Å²) in [6.07, 6.45) is 1.56. The Morgan fingerprint density at radius 1 is 1.11 bits per heavy atom. The second kappa shape index (κ2) is 11.1. The molecule has 3 aromatic rings. The molecule has 36 heavy (non-hydrogen) atoms. The largest absolute Gasteiger partial charge is 0.490 e. The number of nitro benzene ring substituents is 1. The van der Waals surface area contributed by atoms with Crippen LogP contribution >= 0.6 is 39.1 Å². The summed E-state index contributed by atoms with van der Waals surface area (Å²) in [6, 6.07) is 14.4. The fourth-order valence-electron chi connectivity index (χ4n) is 3.31. The van der Waals surface area contributed by atoms with Crippen LogP contribution in [0.5, 0.6) is 11.5 Å². The highest BCUT2D eigenvalue weighted by Crippen LogP contribution is 2.38. The van der Waals surface area contributed by atoms with Crippen molar-refractivity contribution in [3.63, 3.8) is 0 Å². The van der Waals surface area contributed by atoms with Gasteiger partial charge in [-0.1, -0.05) is 35.3 Å². The van der Waals surface area contributed by atoms with Gasteiger partial charge in [-0.2, -0.15) is 0 Å². The average Bonchev–Trinajstić information content (AvgIpc) is 3.20. The maximum absolute atomic E-state index is 12.4. The molecule has 0 spiro atoms. The highest BCUT2D eigenvalue weighted by Gasteiger charge is 2.25. The van der Waals surface area contributed by atoms with Gasteiger partial charge in [-0.25, -0.2) is 9.79 Å². The molecule has 1 aliphatic rings. The molecule has 8 nitrogen and oxygen atoms in total. The number of carbonyl (C=O) groups is 1. The van der Waals surface area contributed by atoms with E-state index in [-0.39, 0.29) is 23.9 Å². The monoisotopic (exact) mass is 590 g/mol. The number of ether oxygens (including phenoxy) is 3. The maximum Gasteiger partial charge on any atom is 0.363 e. The summed E-state index contributed by atoms with van der Waals surface area (Å²) in [5.74, 6) is 0.339. The summed E-state index contributed by atoms with van der Waals surface area (Å²) in [4.78, 5) is 27.3. The van der Waals surface area contributed by atoms with Gasteiger partial charge in [0, 0.05) is 17.7 Å². The summed E-state index contributed by atoms with van der Waals surface area (Å²) in [7, 11) is 0. The van der Waals surface area contributed by atoms with Crippen LogP contribution < -0.4 is 9.47 Å². The molecule has 0 unspecified atom stereocenters. The van der Waals surface area contributed by atoms with Crippen LogP contribution in [0.25, 0.3) is 6.08 Å². The Balaban J connectivity index is 1.60. The first kappa shape index (κ1) is 25.7. The van der Waals surface area contributed by atoms with E-state index in [1.54, 1.807) is 48.5 Å². The van der Waals surface area contributed by atoms with Gasteiger partial charge in [0.25, 0.3) is 5.69 Å². The van der Waals surface area contributed by atoms with Crippen LogP contribution in [0, 0.1) is 10.1 Å². The van der Waals surface area contributed by atoms with Crippen LogP contribution in [0.4, 0.5) is 5.69 Å². The SMILES string of the molecule is CCOc1cc(/C=C2\N=C(c3ccc(Cl)c(Cl)c3)OC2=O)cc(Br)c1OCc1cccc([N+](=O)[O-])c1. The minimum absolute atomic E-state index is 0.0218. The standard InChI is InChI=1S/C25H17BrCl2N2O6/c1-2-34-22-11-15(9-18(26)23(22)35-13-14-4-3-5-17(8-14)30(32)33)10-21-25(31)36-24(29-21)16-6-7-19(27)20(28)12-16/h3-12H,2,13H2,1H3/b21-10-. The van der Waals surface area contributed by atoms with Crippen LogP contribution in [0.3, 0.4) is 0 Å². The topological polar surface area (TPSA) is 100 Å². The first-order valence-electron chi connectivity index (χ1n) is 10.6. The van der Waals surface area contributed by atoms with Gasteiger partial charge in [-0.3, -0.25) is 10.1 Å². The first-order valence-corrected chi connectivity index (χ1v) is 12.1. The molecule has 0 bridgehead atoms. The van der Waals surface area contributed by atoms with Crippen LogP contribution in [-0.2, 0) is 16.1 Å². The van der Waals surface area contributed by atoms with E-state index in [9.17, 15) is 14.9 Å². The molecule has 184 valence electrons. The number of aliphatic imine (C=N–C) groups is 1. The molecule has 0 aliphatic carbocycles. The first-order chi connectivity index (χ1) is 17.2. The van der Waals surface area contributed by atoms with Crippen LogP contribution in [0.15, 0.2) is 69.8 Å². The molecular formula is C25H17BrCl2N2O6. The zero-order chi connectivity index (χ0) is 25.8. The number of halogens is 3. The van der Waals surface area contributed by atoms with Crippen molar-refractivity contribution in [3.05, 3.63) is 102 Å². The molecule has 3 aromatic carbocycles. The molecule has 0 radical (unpaired) electrons. The highest BCUT2D eigenvalue weighted by atomic mass is 79.9. The number of benzene rings is 3. The predicted molar refractivity (Wildman–Crippen MR) is 140 cm³/mol. The van der Waals surface area contributed by atoms with Gasteiger partial charge in [0.05, 0.1) is 26.0 Å². The number of nitrogens with zero attached hydrogens (tertiary/aromatic N) is 2. The zero-order valence-electron chi connectivity index (χ0n) is 18.7.